The van der Waals surface area contributed by atoms with Gasteiger partial charge in [-0.3, -0.25) is 4.79 Å². The van der Waals surface area contributed by atoms with Crippen molar-refractivity contribution in [3.63, 3.8) is 0 Å². The van der Waals surface area contributed by atoms with Gasteiger partial charge in [0.15, 0.2) is 17.4 Å². The van der Waals surface area contributed by atoms with E-state index in [1.807, 2.05) is 19.0 Å². The van der Waals surface area contributed by atoms with Crippen LogP contribution < -0.4 is 4.74 Å². The van der Waals surface area contributed by atoms with Crippen LogP contribution in [0.15, 0.2) is 42.5 Å². The summed E-state index contributed by atoms with van der Waals surface area (Å²) in [5, 5.41) is 0. The second-order valence-corrected chi connectivity index (χ2v) is 6.01. The minimum absolute atomic E-state index is 0.0488. The molecular formula is C19H21F2NO2. The number of rotatable bonds is 7. The Morgan fingerprint density at radius 3 is 2.50 bits per heavy atom. The van der Waals surface area contributed by atoms with E-state index in [2.05, 4.69) is 0 Å². The molecular weight excluding hydrogens is 312 g/mol. The largest absolute Gasteiger partial charge is 0.497 e. The number of methoxy groups -OCH3 is 1. The van der Waals surface area contributed by atoms with Crippen molar-refractivity contribution >= 4 is 5.78 Å². The van der Waals surface area contributed by atoms with Crippen molar-refractivity contribution < 1.29 is 18.3 Å². The van der Waals surface area contributed by atoms with Gasteiger partial charge in [-0.05, 0) is 50.3 Å². The Kier molecular flexibility index (Phi) is 6.04. The van der Waals surface area contributed by atoms with E-state index in [1.54, 1.807) is 31.4 Å². The maximum atomic E-state index is 13.4. The fraction of sp³-hybridized carbons (Fsp3) is 0.316. The van der Waals surface area contributed by atoms with Gasteiger partial charge in [-0.15, -0.1) is 0 Å². The smallest absolute Gasteiger partial charge is 0.167 e. The molecule has 5 heteroatoms. The van der Waals surface area contributed by atoms with E-state index in [0.29, 0.717) is 29.8 Å². The Balaban J connectivity index is 2.26. The highest BCUT2D eigenvalue weighted by Crippen LogP contribution is 2.20. The molecule has 0 unspecified atom stereocenters. The summed E-state index contributed by atoms with van der Waals surface area (Å²) >= 11 is 0. The van der Waals surface area contributed by atoms with Gasteiger partial charge < -0.3 is 9.64 Å². The van der Waals surface area contributed by atoms with Crippen LogP contribution in [0.1, 0.15) is 15.9 Å². The van der Waals surface area contributed by atoms with Crippen LogP contribution in [0.25, 0.3) is 0 Å². The SMILES string of the molecule is COc1cccc(C(=O)[C@@H](Cc2ccc(F)c(F)c2)CN(C)C)c1. The lowest BCUT2D eigenvalue weighted by atomic mass is 9.90. The van der Waals surface area contributed by atoms with Crippen LogP contribution in [-0.4, -0.2) is 38.4 Å². The predicted octanol–water partition coefficient (Wildman–Crippen LogP) is 3.58. The molecule has 0 spiro atoms. The molecule has 128 valence electrons. The van der Waals surface area contributed by atoms with Crippen LogP contribution in [0.5, 0.6) is 5.75 Å². The quantitative estimate of drug-likeness (QED) is 0.726. The van der Waals surface area contributed by atoms with Crippen LogP contribution in [0, 0.1) is 17.6 Å². The maximum absolute atomic E-state index is 13.4. The third-order valence-electron chi connectivity index (χ3n) is 3.78. The van der Waals surface area contributed by atoms with Crippen LogP contribution in [-0.2, 0) is 6.42 Å². The zero-order valence-electron chi connectivity index (χ0n) is 14.1. The molecule has 2 rings (SSSR count). The topological polar surface area (TPSA) is 29.5 Å². The van der Waals surface area contributed by atoms with Crippen molar-refractivity contribution in [2.75, 3.05) is 27.7 Å². The monoisotopic (exact) mass is 333 g/mol. The zero-order valence-corrected chi connectivity index (χ0v) is 14.1. The molecule has 1 atom stereocenters. The third-order valence-corrected chi connectivity index (χ3v) is 3.78. The number of halogens is 2. The molecule has 0 aliphatic heterocycles. The van der Waals surface area contributed by atoms with Crippen molar-refractivity contribution in [2.24, 2.45) is 5.92 Å². The van der Waals surface area contributed by atoms with Gasteiger partial charge in [0.1, 0.15) is 5.75 Å². The highest BCUT2D eigenvalue weighted by Gasteiger charge is 2.22. The number of carbonyl (C=O) groups excluding carboxylic acids is 1. The summed E-state index contributed by atoms with van der Waals surface area (Å²) in [7, 11) is 5.29. The first-order valence-corrected chi connectivity index (χ1v) is 7.67. The number of ether oxygens (including phenoxy) is 1. The molecule has 24 heavy (non-hydrogen) atoms. The van der Waals surface area contributed by atoms with Crippen molar-refractivity contribution in [2.45, 2.75) is 6.42 Å². The van der Waals surface area contributed by atoms with E-state index in [1.165, 1.54) is 6.07 Å². The first kappa shape index (κ1) is 18.1. The second kappa shape index (κ2) is 8.02. The number of Topliss-reactive ketones (excluding diaryl/α,β-unsaturated/α-hetero) is 1. The van der Waals surface area contributed by atoms with E-state index < -0.39 is 11.6 Å². The molecule has 0 aliphatic carbocycles. The number of carbonyl (C=O) groups is 1. The maximum Gasteiger partial charge on any atom is 0.167 e. The van der Waals surface area contributed by atoms with Crippen LogP contribution in [0.3, 0.4) is 0 Å². The van der Waals surface area contributed by atoms with Crippen molar-refractivity contribution in [1.29, 1.82) is 0 Å². The first-order chi connectivity index (χ1) is 11.4. The molecule has 0 aliphatic rings. The molecule has 0 fully saturated rings. The number of hydrogen-bond donors (Lipinski definition) is 0. The molecule has 0 saturated heterocycles. The first-order valence-electron chi connectivity index (χ1n) is 7.67. The summed E-state index contributed by atoms with van der Waals surface area (Å²) in [5.74, 6) is -1.59. The highest BCUT2D eigenvalue weighted by atomic mass is 19.2. The fourth-order valence-electron chi connectivity index (χ4n) is 2.64. The molecule has 3 nitrogen and oxygen atoms in total. The van der Waals surface area contributed by atoms with Gasteiger partial charge in [0, 0.05) is 18.0 Å². The molecule has 0 bridgehead atoms. The molecule has 0 heterocycles. The molecule has 0 aromatic heterocycles. The van der Waals surface area contributed by atoms with Crippen LogP contribution in [0.2, 0.25) is 0 Å². The Hall–Kier alpha value is -2.27. The number of ketones is 1. The predicted molar refractivity (Wildman–Crippen MR) is 89.4 cm³/mol. The lowest BCUT2D eigenvalue weighted by Crippen LogP contribution is -2.29. The summed E-state index contributed by atoms with van der Waals surface area (Å²) in [5.41, 5.74) is 1.14. The van der Waals surface area contributed by atoms with Crippen LogP contribution in [0.4, 0.5) is 8.78 Å². The molecule has 0 saturated carbocycles. The van der Waals surface area contributed by atoms with E-state index in [9.17, 15) is 13.6 Å². The summed E-state index contributed by atoms with van der Waals surface area (Å²) in [6.45, 7) is 0.509. The Labute approximate surface area is 140 Å². The number of benzene rings is 2. The second-order valence-electron chi connectivity index (χ2n) is 6.01. The van der Waals surface area contributed by atoms with E-state index in [4.69, 9.17) is 4.74 Å². The van der Waals surface area contributed by atoms with E-state index >= 15 is 0 Å². The molecule has 0 N–H and O–H groups in total. The lowest BCUT2D eigenvalue weighted by Gasteiger charge is -2.20. The van der Waals surface area contributed by atoms with E-state index in [-0.39, 0.29) is 11.7 Å². The van der Waals surface area contributed by atoms with Crippen molar-refractivity contribution in [1.82, 2.24) is 4.90 Å². The summed E-state index contributed by atoms with van der Waals surface area (Å²) < 4.78 is 31.7. The average molecular weight is 333 g/mol. The van der Waals surface area contributed by atoms with Gasteiger partial charge >= 0.3 is 0 Å². The van der Waals surface area contributed by atoms with Crippen LogP contribution >= 0.6 is 0 Å². The zero-order chi connectivity index (χ0) is 17.7. The van der Waals surface area contributed by atoms with Gasteiger partial charge in [-0.2, -0.15) is 0 Å². The van der Waals surface area contributed by atoms with Gasteiger partial charge in [0.25, 0.3) is 0 Å². The van der Waals surface area contributed by atoms with Gasteiger partial charge in [0.05, 0.1) is 7.11 Å². The number of hydrogen-bond acceptors (Lipinski definition) is 3. The third kappa shape index (κ3) is 4.61. The average Bonchev–Trinajstić information content (AvgIpc) is 2.56. The standard InChI is InChI=1S/C19H21F2NO2/c1-22(2)12-15(9-13-7-8-17(20)18(21)10-13)19(23)14-5-4-6-16(11-14)24-3/h4-8,10-11,15H,9,12H2,1-3H3/t15-/m0/s1. The Morgan fingerprint density at radius 1 is 1.12 bits per heavy atom. The summed E-state index contributed by atoms with van der Waals surface area (Å²) in [6, 6.07) is 10.7. The Bertz CT molecular complexity index is 716. The van der Waals surface area contributed by atoms with E-state index in [0.717, 1.165) is 12.1 Å². The summed E-state index contributed by atoms with van der Waals surface area (Å²) in [6.07, 6.45) is 0.339. The molecule has 2 aromatic carbocycles. The number of nitrogens with zero attached hydrogens (tertiary/aromatic N) is 1. The van der Waals surface area contributed by atoms with Crippen molar-refractivity contribution in [3.05, 3.63) is 65.2 Å². The molecule has 2 aromatic rings. The normalized spacial score (nSPS) is 12.2. The highest BCUT2D eigenvalue weighted by molar-refractivity contribution is 5.98. The minimum atomic E-state index is -0.898. The summed E-state index contributed by atoms with van der Waals surface area (Å²) in [4.78, 5) is 14.8. The molecule has 0 radical (unpaired) electrons. The van der Waals surface area contributed by atoms with Gasteiger partial charge in [-0.25, -0.2) is 8.78 Å². The van der Waals surface area contributed by atoms with Gasteiger partial charge in [0.2, 0.25) is 0 Å². The van der Waals surface area contributed by atoms with Gasteiger partial charge in [-0.1, -0.05) is 18.2 Å². The molecule has 0 amide bonds. The van der Waals surface area contributed by atoms with Crippen molar-refractivity contribution in [3.8, 4) is 5.75 Å². The minimum Gasteiger partial charge on any atom is -0.497 e. The lowest BCUT2D eigenvalue weighted by molar-refractivity contribution is 0.0896. The fourth-order valence-corrected chi connectivity index (χ4v) is 2.64. The Morgan fingerprint density at radius 2 is 1.88 bits per heavy atom.